The Kier molecular flexibility index (Phi) is 6.11. The first-order valence-electron chi connectivity index (χ1n) is 10.3. The summed E-state index contributed by atoms with van der Waals surface area (Å²) >= 11 is 0. The van der Waals surface area contributed by atoms with E-state index >= 15 is 0 Å². The number of nitrogens with zero attached hydrogens (tertiary/aromatic N) is 6. The van der Waals surface area contributed by atoms with Gasteiger partial charge in [-0.3, -0.25) is 18.7 Å². The Morgan fingerprint density at radius 1 is 1.03 bits per heavy atom. The lowest BCUT2D eigenvalue weighted by atomic mass is 10.1. The topological polar surface area (TPSA) is 143 Å². The van der Waals surface area contributed by atoms with Crippen LogP contribution in [0.2, 0.25) is 0 Å². The van der Waals surface area contributed by atoms with Crippen molar-refractivity contribution in [3.63, 3.8) is 0 Å². The van der Waals surface area contributed by atoms with Crippen LogP contribution in [-0.4, -0.2) is 41.7 Å². The normalized spacial score (nSPS) is 10.8. The molecule has 3 N–H and O–H groups in total. The van der Waals surface area contributed by atoms with Crippen molar-refractivity contribution in [3.8, 4) is 5.69 Å². The zero-order chi connectivity index (χ0) is 23.4. The number of anilines is 2. The van der Waals surface area contributed by atoms with E-state index in [1.807, 2.05) is 30.3 Å². The molecule has 0 radical (unpaired) electrons. The van der Waals surface area contributed by atoms with Crippen LogP contribution in [0.25, 0.3) is 5.69 Å². The van der Waals surface area contributed by atoms with E-state index < -0.39 is 17.0 Å². The summed E-state index contributed by atoms with van der Waals surface area (Å²) in [5.74, 6) is -0.648. The standard InChI is InChI=1S/C22H22N8O3/c1-2-28-21(32)19(20(23)29(22(28)33)13-15-6-4-3-5-7-15)18(31)12-24-16-8-10-17(11-9-16)30-14-25-26-27-30/h3-11,14,24H,2,12-13,23H2,1H3. The minimum absolute atomic E-state index is 0.124. The van der Waals surface area contributed by atoms with Crippen molar-refractivity contribution in [1.82, 2.24) is 29.3 Å². The molecule has 4 aromatic rings. The van der Waals surface area contributed by atoms with Crippen LogP contribution in [-0.2, 0) is 13.1 Å². The average molecular weight is 446 g/mol. The lowest BCUT2D eigenvalue weighted by Crippen LogP contribution is -2.44. The highest BCUT2D eigenvalue weighted by Gasteiger charge is 2.22. The molecule has 0 amide bonds. The number of nitrogens with one attached hydrogen (secondary N) is 1. The first kappa shape index (κ1) is 21.7. The van der Waals surface area contributed by atoms with E-state index in [1.165, 1.54) is 15.6 Å². The fourth-order valence-electron chi connectivity index (χ4n) is 3.46. The number of nitrogen functional groups attached to an aromatic ring is 1. The van der Waals surface area contributed by atoms with Gasteiger partial charge in [-0.15, -0.1) is 5.10 Å². The van der Waals surface area contributed by atoms with Crippen molar-refractivity contribution in [2.45, 2.75) is 20.0 Å². The zero-order valence-corrected chi connectivity index (χ0v) is 17.9. The molecule has 2 heterocycles. The van der Waals surface area contributed by atoms with Crippen LogP contribution in [0.5, 0.6) is 0 Å². The van der Waals surface area contributed by atoms with Gasteiger partial charge in [0.1, 0.15) is 17.7 Å². The third-order valence-electron chi connectivity index (χ3n) is 5.18. The van der Waals surface area contributed by atoms with Gasteiger partial charge in [-0.1, -0.05) is 30.3 Å². The highest BCUT2D eigenvalue weighted by molar-refractivity contribution is 6.02. The van der Waals surface area contributed by atoms with Gasteiger partial charge in [0.05, 0.1) is 18.8 Å². The summed E-state index contributed by atoms with van der Waals surface area (Å²) in [4.78, 5) is 38.7. The number of benzene rings is 2. The maximum absolute atomic E-state index is 13.0. The number of hydrogen-bond donors (Lipinski definition) is 2. The van der Waals surface area contributed by atoms with Crippen LogP contribution in [0.4, 0.5) is 11.5 Å². The van der Waals surface area contributed by atoms with Crippen molar-refractivity contribution < 1.29 is 4.79 Å². The molecule has 2 aromatic carbocycles. The monoisotopic (exact) mass is 446 g/mol. The molecule has 0 aliphatic heterocycles. The van der Waals surface area contributed by atoms with Gasteiger partial charge in [-0.25, -0.2) is 9.48 Å². The fourth-order valence-corrected chi connectivity index (χ4v) is 3.46. The molecule has 4 rings (SSSR count). The second-order valence-electron chi connectivity index (χ2n) is 7.24. The molecule has 0 saturated heterocycles. The van der Waals surface area contributed by atoms with Crippen molar-refractivity contribution in [3.05, 3.63) is 92.9 Å². The highest BCUT2D eigenvalue weighted by Crippen LogP contribution is 2.13. The zero-order valence-electron chi connectivity index (χ0n) is 17.9. The molecule has 0 fully saturated rings. The first-order chi connectivity index (χ1) is 16.0. The summed E-state index contributed by atoms with van der Waals surface area (Å²) in [6, 6.07) is 16.3. The van der Waals surface area contributed by atoms with Crippen LogP contribution in [0.3, 0.4) is 0 Å². The summed E-state index contributed by atoms with van der Waals surface area (Å²) in [5, 5.41) is 14.0. The molecule has 0 bridgehead atoms. The third-order valence-corrected chi connectivity index (χ3v) is 5.18. The van der Waals surface area contributed by atoms with Crippen molar-refractivity contribution in [1.29, 1.82) is 0 Å². The molecule has 0 saturated carbocycles. The van der Waals surface area contributed by atoms with Crippen molar-refractivity contribution in [2.75, 3.05) is 17.6 Å². The van der Waals surface area contributed by atoms with E-state index in [9.17, 15) is 14.4 Å². The van der Waals surface area contributed by atoms with Gasteiger partial charge in [-0.05, 0) is 47.2 Å². The molecule has 11 heteroatoms. The van der Waals surface area contributed by atoms with Gasteiger partial charge in [0.25, 0.3) is 5.56 Å². The average Bonchev–Trinajstić information content (AvgIpc) is 3.37. The molecule has 11 nitrogen and oxygen atoms in total. The number of tetrazole rings is 1. The van der Waals surface area contributed by atoms with Gasteiger partial charge < -0.3 is 11.1 Å². The molecule has 0 unspecified atom stereocenters. The number of Topliss-reactive ketones (excluding diaryl/α,β-unsaturated/α-hetero) is 1. The van der Waals surface area contributed by atoms with Gasteiger partial charge in [0, 0.05) is 12.2 Å². The van der Waals surface area contributed by atoms with Gasteiger partial charge >= 0.3 is 5.69 Å². The SMILES string of the molecule is CCn1c(=O)c(C(=O)CNc2ccc(-n3cnnn3)cc2)c(N)n(Cc2ccccc2)c1=O. The third kappa shape index (κ3) is 4.42. The fraction of sp³-hybridized carbons (Fsp3) is 0.182. The number of rotatable bonds is 8. The molecule has 0 aliphatic rings. The quantitative estimate of drug-likeness (QED) is 0.381. The van der Waals surface area contributed by atoms with E-state index in [2.05, 4.69) is 20.8 Å². The molecular weight excluding hydrogens is 424 g/mol. The Morgan fingerprint density at radius 3 is 2.39 bits per heavy atom. The first-order valence-corrected chi connectivity index (χ1v) is 10.3. The number of ketones is 1. The Morgan fingerprint density at radius 2 is 1.76 bits per heavy atom. The Bertz CT molecular complexity index is 1370. The Hall–Kier alpha value is -4.54. The predicted octanol–water partition coefficient (Wildman–Crippen LogP) is 0.931. The lowest BCUT2D eigenvalue weighted by Gasteiger charge is -2.16. The maximum atomic E-state index is 13.0. The number of carbonyl (C=O) groups excluding carboxylic acids is 1. The van der Waals surface area contributed by atoms with Gasteiger partial charge in [0.2, 0.25) is 0 Å². The smallest absolute Gasteiger partial charge is 0.332 e. The number of aromatic nitrogens is 6. The summed E-state index contributed by atoms with van der Waals surface area (Å²) in [6.45, 7) is 1.78. The predicted molar refractivity (Wildman–Crippen MR) is 123 cm³/mol. The van der Waals surface area contributed by atoms with Gasteiger partial charge in [0.15, 0.2) is 5.78 Å². The van der Waals surface area contributed by atoms with E-state index in [1.54, 1.807) is 31.2 Å². The second kappa shape index (κ2) is 9.30. The summed E-state index contributed by atoms with van der Waals surface area (Å²) in [5.41, 5.74) is 6.97. The lowest BCUT2D eigenvalue weighted by molar-refractivity contribution is 0.100. The second-order valence-corrected chi connectivity index (χ2v) is 7.24. The van der Waals surface area contributed by atoms with Gasteiger partial charge in [-0.2, -0.15) is 0 Å². The molecule has 0 aliphatic carbocycles. The number of carbonyl (C=O) groups is 1. The van der Waals surface area contributed by atoms with E-state index in [-0.39, 0.29) is 31.0 Å². The van der Waals surface area contributed by atoms with Crippen LogP contribution in [0.15, 0.2) is 70.5 Å². The minimum atomic E-state index is -0.690. The van der Waals surface area contributed by atoms with E-state index in [0.717, 1.165) is 15.8 Å². The molecular formula is C22H22N8O3. The Balaban J connectivity index is 1.59. The summed E-state index contributed by atoms with van der Waals surface area (Å²) < 4.78 is 3.78. The largest absolute Gasteiger partial charge is 0.384 e. The van der Waals surface area contributed by atoms with E-state index in [0.29, 0.717) is 5.69 Å². The number of hydrogen-bond acceptors (Lipinski definition) is 8. The van der Waals surface area contributed by atoms with E-state index in [4.69, 9.17) is 5.73 Å². The van der Waals surface area contributed by atoms with Crippen molar-refractivity contribution in [2.24, 2.45) is 0 Å². The molecule has 33 heavy (non-hydrogen) atoms. The van der Waals surface area contributed by atoms with Crippen LogP contribution >= 0.6 is 0 Å². The number of nitrogens with two attached hydrogens (primary N) is 1. The van der Waals surface area contributed by atoms with Crippen LogP contribution in [0, 0.1) is 0 Å². The molecule has 2 aromatic heterocycles. The minimum Gasteiger partial charge on any atom is -0.384 e. The van der Waals surface area contributed by atoms with Crippen molar-refractivity contribution >= 4 is 17.3 Å². The molecule has 0 spiro atoms. The maximum Gasteiger partial charge on any atom is 0.332 e. The molecule has 0 atom stereocenters. The summed E-state index contributed by atoms with van der Waals surface area (Å²) in [7, 11) is 0. The van der Waals surface area contributed by atoms with Crippen LogP contribution in [0.1, 0.15) is 22.8 Å². The molecule has 168 valence electrons. The Labute approximate surface area is 188 Å². The van der Waals surface area contributed by atoms with Crippen LogP contribution < -0.4 is 22.3 Å². The summed E-state index contributed by atoms with van der Waals surface area (Å²) in [6.07, 6.45) is 1.47. The highest BCUT2D eigenvalue weighted by atomic mass is 16.2.